The summed E-state index contributed by atoms with van der Waals surface area (Å²) < 4.78 is 7.12. The molecular weight excluding hydrogens is 324 g/mol. The van der Waals surface area contributed by atoms with Crippen LogP contribution in [0.2, 0.25) is 0 Å². The highest BCUT2D eigenvalue weighted by molar-refractivity contribution is 7.21. The molecule has 0 atom stereocenters. The molecule has 3 aromatic rings. The summed E-state index contributed by atoms with van der Waals surface area (Å²) in [6, 6.07) is 12.0. The second-order valence-corrected chi connectivity index (χ2v) is 7.17. The molecule has 0 saturated carbocycles. The van der Waals surface area contributed by atoms with Crippen LogP contribution in [-0.4, -0.2) is 34.0 Å². The second-order valence-electron chi connectivity index (χ2n) is 6.14. The highest BCUT2D eigenvalue weighted by Crippen LogP contribution is 2.31. The average molecular weight is 342 g/mol. The Morgan fingerprint density at radius 3 is 2.79 bits per heavy atom. The van der Waals surface area contributed by atoms with Crippen molar-refractivity contribution in [1.29, 1.82) is 0 Å². The number of aliphatic carboxylic acids is 1. The average Bonchev–Trinajstić information content (AvgIpc) is 3.21. The first kappa shape index (κ1) is 15.4. The molecule has 0 aliphatic carbocycles. The summed E-state index contributed by atoms with van der Waals surface area (Å²) >= 11 is 1.63. The number of hydrogen-bond acceptors (Lipinski definition) is 5. The lowest BCUT2D eigenvalue weighted by atomic mass is 9.97. The molecule has 4 rings (SSSR count). The van der Waals surface area contributed by atoms with Crippen LogP contribution in [0.1, 0.15) is 18.6 Å². The Bertz CT molecular complexity index is 829. The number of hydrogen-bond donors (Lipinski definition) is 1. The van der Waals surface area contributed by atoms with Crippen molar-refractivity contribution >= 4 is 27.5 Å². The molecule has 1 aliphatic heterocycles. The zero-order valence-corrected chi connectivity index (χ0v) is 14.0. The molecule has 1 fully saturated rings. The van der Waals surface area contributed by atoms with Crippen LogP contribution in [-0.2, 0) is 11.3 Å². The van der Waals surface area contributed by atoms with Crippen LogP contribution in [0.5, 0.6) is 0 Å². The summed E-state index contributed by atoms with van der Waals surface area (Å²) in [5.41, 5.74) is 0.992. The van der Waals surface area contributed by atoms with Gasteiger partial charge in [-0.3, -0.25) is 9.69 Å². The third kappa shape index (κ3) is 3.07. The number of carbonyl (C=O) groups is 1. The van der Waals surface area contributed by atoms with Gasteiger partial charge in [0.25, 0.3) is 0 Å². The lowest BCUT2D eigenvalue weighted by Crippen LogP contribution is -2.35. The van der Waals surface area contributed by atoms with Crippen molar-refractivity contribution < 1.29 is 14.3 Å². The largest absolute Gasteiger partial charge is 0.481 e. The number of carboxylic acid groups (broad SMARTS) is 1. The van der Waals surface area contributed by atoms with Gasteiger partial charge in [-0.15, -0.1) is 11.3 Å². The smallest absolute Gasteiger partial charge is 0.306 e. The number of rotatable bonds is 4. The standard InChI is InChI=1S/C18H18N2O3S/c21-18(22)12-7-9-20(10-8-12)11-13-5-6-15(23-13)17-19-14-3-1-2-4-16(14)24-17/h1-6,12H,7-11H2,(H,21,22). The van der Waals surface area contributed by atoms with Gasteiger partial charge in [0.1, 0.15) is 5.76 Å². The van der Waals surface area contributed by atoms with E-state index in [0.29, 0.717) is 12.8 Å². The summed E-state index contributed by atoms with van der Waals surface area (Å²) in [5, 5.41) is 9.96. The van der Waals surface area contributed by atoms with Gasteiger partial charge in [-0.2, -0.15) is 0 Å². The minimum absolute atomic E-state index is 0.198. The van der Waals surface area contributed by atoms with Gasteiger partial charge in [0, 0.05) is 0 Å². The monoisotopic (exact) mass is 342 g/mol. The van der Waals surface area contributed by atoms with E-state index in [1.165, 1.54) is 0 Å². The number of nitrogens with zero attached hydrogens (tertiary/aromatic N) is 2. The lowest BCUT2D eigenvalue weighted by molar-refractivity contribution is -0.143. The van der Waals surface area contributed by atoms with Gasteiger partial charge in [-0.05, 0) is 50.2 Å². The number of aromatic nitrogens is 1. The van der Waals surface area contributed by atoms with Crippen molar-refractivity contribution in [2.45, 2.75) is 19.4 Å². The molecule has 5 nitrogen and oxygen atoms in total. The van der Waals surface area contributed by atoms with E-state index in [-0.39, 0.29) is 5.92 Å². The van der Waals surface area contributed by atoms with Crippen molar-refractivity contribution in [3.05, 3.63) is 42.2 Å². The number of fused-ring (bicyclic) bond motifs is 1. The highest BCUT2D eigenvalue weighted by atomic mass is 32.1. The van der Waals surface area contributed by atoms with Crippen LogP contribution in [0.3, 0.4) is 0 Å². The Morgan fingerprint density at radius 2 is 2.04 bits per heavy atom. The van der Waals surface area contributed by atoms with E-state index < -0.39 is 5.97 Å². The van der Waals surface area contributed by atoms with Crippen LogP contribution in [0, 0.1) is 5.92 Å². The summed E-state index contributed by atoms with van der Waals surface area (Å²) in [6.07, 6.45) is 1.42. The molecule has 3 heterocycles. The van der Waals surface area contributed by atoms with Crippen molar-refractivity contribution in [3.8, 4) is 10.8 Å². The number of para-hydroxylation sites is 1. The fourth-order valence-electron chi connectivity index (χ4n) is 3.11. The third-order valence-corrected chi connectivity index (χ3v) is 5.53. The van der Waals surface area contributed by atoms with Crippen LogP contribution in [0.4, 0.5) is 0 Å². The van der Waals surface area contributed by atoms with E-state index in [4.69, 9.17) is 9.52 Å². The number of thiazole rings is 1. The maximum Gasteiger partial charge on any atom is 0.306 e. The Hall–Kier alpha value is -2.18. The zero-order valence-electron chi connectivity index (χ0n) is 13.1. The molecule has 1 saturated heterocycles. The number of likely N-dealkylation sites (tertiary alicyclic amines) is 1. The molecule has 6 heteroatoms. The Kier molecular flexibility index (Phi) is 4.08. The molecule has 0 radical (unpaired) electrons. The van der Waals surface area contributed by atoms with Crippen LogP contribution in [0.25, 0.3) is 21.0 Å². The van der Waals surface area contributed by atoms with Gasteiger partial charge in [0.15, 0.2) is 10.8 Å². The van der Waals surface area contributed by atoms with Crippen LogP contribution in [0.15, 0.2) is 40.8 Å². The van der Waals surface area contributed by atoms with Gasteiger partial charge < -0.3 is 9.52 Å². The molecule has 1 aromatic carbocycles. The Balaban J connectivity index is 1.44. The lowest BCUT2D eigenvalue weighted by Gasteiger charge is -2.29. The zero-order chi connectivity index (χ0) is 16.5. The summed E-state index contributed by atoms with van der Waals surface area (Å²) in [7, 11) is 0. The van der Waals surface area contributed by atoms with Gasteiger partial charge >= 0.3 is 5.97 Å². The molecule has 1 aliphatic rings. The number of furan rings is 1. The molecule has 0 amide bonds. The predicted octanol–water partition coefficient (Wildman–Crippen LogP) is 3.85. The fraction of sp³-hybridized carbons (Fsp3) is 0.333. The second kappa shape index (κ2) is 6.37. The maximum absolute atomic E-state index is 11.0. The van der Waals surface area contributed by atoms with Crippen molar-refractivity contribution in [1.82, 2.24) is 9.88 Å². The Labute approximate surface area is 143 Å². The molecule has 0 spiro atoms. The summed E-state index contributed by atoms with van der Waals surface area (Å²) in [5.74, 6) is 0.826. The number of carboxylic acids is 1. The quantitative estimate of drug-likeness (QED) is 0.780. The molecular formula is C18H18N2O3S. The molecule has 0 unspecified atom stereocenters. The fourth-order valence-corrected chi connectivity index (χ4v) is 4.04. The van der Waals surface area contributed by atoms with E-state index in [9.17, 15) is 4.79 Å². The summed E-state index contributed by atoms with van der Waals surface area (Å²) in [4.78, 5) is 17.9. The molecule has 0 bridgehead atoms. The Morgan fingerprint density at radius 1 is 1.25 bits per heavy atom. The van der Waals surface area contributed by atoms with E-state index in [0.717, 1.165) is 46.4 Å². The van der Waals surface area contributed by atoms with Crippen molar-refractivity contribution in [2.24, 2.45) is 5.92 Å². The third-order valence-electron chi connectivity index (χ3n) is 4.48. The molecule has 124 valence electrons. The first-order valence-electron chi connectivity index (χ1n) is 8.09. The predicted molar refractivity (Wildman–Crippen MR) is 93.0 cm³/mol. The number of piperidine rings is 1. The first-order chi connectivity index (χ1) is 11.7. The normalized spacial score (nSPS) is 16.7. The summed E-state index contributed by atoms with van der Waals surface area (Å²) in [6.45, 7) is 2.32. The maximum atomic E-state index is 11.0. The molecule has 1 N–H and O–H groups in total. The van der Waals surface area contributed by atoms with E-state index in [1.54, 1.807) is 11.3 Å². The van der Waals surface area contributed by atoms with Crippen LogP contribution < -0.4 is 0 Å². The van der Waals surface area contributed by atoms with Gasteiger partial charge in [-0.1, -0.05) is 12.1 Å². The molecule has 24 heavy (non-hydrogen) atoms. The first-order valence-corrected chi connectivity index (χ1v) is 8.90. The van der Waals surface area contributed by atoms with Gasteiger partial charge in [0.05, 0.1) is 22.7 Å². The van der Waals surface area contributed by atoms with Crippen molar-refractivity contribution in [2.75, 3.05) is 13.1 Å². The topological polar surface area (TPSA) is 66.6 Å². The minimum atomic E-state index is -0.675. The van der Waals surface area contributed by atoms with E-state index in [1.807, 2.05) is 30.3 Å². The highest BCUT2D eigenvalue weighted by Gasteiger charge is 2.25. The SMILES string of the molecule is O=C(O)C1CCN(Cc2ccc(-c3nc4ccccc4s3)o2)CC1. The number of benzene rings is 1. The molecule has 2 aromatic heterocycles. The van der Waals surface area contributed by atoms with Crippen molar-refractivity contribution in [3.63, 3.8) is 0 Å². The van der Waals surface area contributed by atoms with Crippen LogP contribution >= 0.6 is 11.3 Å². The van der Waals surface area contributed by atoms with Gasteiger partial charge in [0.2, 0.25) is 0 Å². The van der Waals surface area contributed by atoms with Gasteiger partial charge in [-0.25, -0.2) is 4.98 Å². The minimum Gasteiger partial charge on any atom is -0.481 e. The van der Waals surface area contributed by atoms with E-state index >= 15 is 0 Å². The van der Waals surface area contributed by atoms with E-state index in [2.05, 4.69) is 16.0 Å².